The molecule has 2 aromatic carbocycles. The van der Waals surface area contributed by atoms with Crippen LogP contribution in [0.25, 0.3) is 0 Å². The van der Waals surface area contributed by atoms with Crippen molar-refractivity contribution >= 4 is 11.9 Å². The van der Waals surface area contributed by atoms with Crippen molar-refractivity contribution in [3.05, 3.63) is 58.1 Å². The molecule has 3 heterocycles. The molecule has 3 aliphatic heterocycles. The summed E-state index contributed by atoms with van der Waals surface area (Å²) < 4.78 is 56.9. The highest BCUT2D eigenvalue weighted by molar-refractivity contribution is 5.96. The van der Waals surface area contributed by atoms with Crippen LogP contribution in [0.1, 0.15) is 71.3 Å². The number of benzene rings is 2. The highest BCUT2D eigenvalue weighted by Crippen LogP contribution is 2.52. The predicted molar refractivity (Wildman–Crippen MR) is 122 cm³/mol. The van der Waals surface area contributed by atoms with Gasteiger partial charge in [-0.3, -0.25) is 4.79 Å². The smallest absolute Gasteiger partial charge is 0.416 e. The van der Waals surface area contributed by atoms with Gasteiger partial charge in [-0.1, -0.05) is 12.8 Å². The van der Waals surface area contributed by atoms with Crippen molar-refractivity contribution in [2.75, 3.05) is 19.8 Å². The molecule has 36 heavy (non-hydrogen) atoms. The largest absolute Gasteiger partial charge is 0.486 e. The van der Waals surface area contributed by atoms with Crippen LogP contribution >= 0.6 is 0 Å². The zero-order chi connectivity index (χ0) is 25.2. The van der Waals surface area contributed by atoms with Gasteiger partial charge in [0.1, 0.15) is 13.2 Å². The molecule has 4 aliphatic rings. The van der Waals surface area contributed by atoms with Crippen LogP contribution in [0.2, 0.25) is 0 Å². The Morgan fingerprint density at radius 2 is 1.75 bits per heavy atom. The second-order valence-electron chi connectivity index (χ2n) is 10.2. The third-order valence-corrected chi connectivity index (χ3v) is 8.10. The van der Waals surface area contributed by atoms with Gasteiger partial charge < -0.3 is 19.1 Å². The number of carbonyl (C=O) groups excluding carboxylic acids is 2. The maximum atomic E-state index is 13.8. The fraction of sp³-hybridized carbons (Fsp3) is 0.481. The molecule has 1 amide bonds. The average Bonchev–Trinajstić information content (AvgIpc) is 3.33. The van der Waals surface area contributed by atoms with E-state index in [1.165, 1.54) is 5.56 Å². The lowest BCUT2D eigenvalue weighted by Crippen LogP contribution is -2.53. The van der Waals surface area contributed by atoms with E-state index in [4.69, 9.17) is 14.2 Å². The Morgan fingerprint density at radius 1 is 1.06 bits per heavy atom. The van der Waals surface area contributed by atoms with Gasteiger partial charge in [0.2, 0.25) is 0 Å². The minimum Gasteiger partial charge on any atom is -0.486 e. The normalized spacial score (nSPS) is 24.2. The molecule has 0 saturated heterocycles. The van der Waals surface area contributed by atoms with Crippen molar-refractivity contribution in [1.82, 2.24) is 4.90 Å². The first-order valence-electron chi connectivity index (χ1n) is 12.3. The first-order chi connectivity index (χ1) is 17.2. The first kappa shape index (κ1) is 23.2. The molecular formula is C27H26F3NO5. The highest BCUT2D eigenvalue weighted by atomic mass is 19.4. The molecule has 0 bridgehead atoms. The lowest BCUT2D eigenvalue weighted by molar-refractivity contribution is -0.145. The summed E-state index contributed by atoms with van der Waals surface area (Å²) in [6, 6.07) is 6.63. The van der Waals surface area contributed by atoms with Crippen LogP contribution in [0, 0.1) is 0 Å². The molecule has 6 rings (SSSR count). The topological polar surface area (TPSA) is 65.1 Å². The SMILES string of the molecule is CC1c2cc3c(cc2C2(CCCC2)CN1C(=O)C1Cc2cc(C(F)(F)F)ccc2C(=O)O1)OCCO3. The standard InChI is InChI=1S/C27H26F3NO5/c1-15-19-12-21-22(35-9-8-34-21)13-20(19)26(6-2-3-7-26)14-31(15)24(32)23-11-16-10-17(27(28,29)30)4-5-18(16)25(33)36-23/h4-5,10,12-13,15,23H,2-3,6-9,11,14H2,1H3. The molecule has 1 saturated carbocycles. The van der Waals surface area contributed by atoms with Crippen molar-refractivity contribution in [3.8, 4) is 11.5 Å². The van der Waals surface area contributed by atoms with Gasteiger partial charge in [-0.15, -0.1) is 0 Å². The van der Waals surface area contributed by atoms with Gasteiger partial charge >= 0.3 is 12.1 Å². The maximum Gasteiger partial charge on any atom is 0.416 e. The first-order valence-corrected chi connectivity index (χ1v) is 12.3. The van der Waals surface area contributed by atoms with Crippen molar-refractivity contribution < 1.29 is 37.0 Å². The molecule has 9 heteroatoms. The number of halogens is 3. The van der Waals surface area contributed by atoms with Gasteiger partial charge in [0.05, 0.1) is 17.2 Å². The van der Waals surface area contributed by atoms with E-state index in [1.807, 2.05) is 13.0 Å². The Bertz CT molecular complexity index is 1250. The number of carbonyl (C=O) groups is 2. The van der Waals surface area contributed by atoms with Crippen molar-refractivity contribution in [2.24, 2.45) is 0 Å². The van der Waals surface area contributed by atoms with Crippen LogP contribution in [0.4, 0.5) is 13.2 Å². The Hall–Kier alpha value is -3.23. The van der Waals surface area contributed by atoms with Gasteiger partial charge in [0.15, 0.2) is 17.6 Å². The summed E-state index contributed by atoms with van der Waals surface area (Å²) in [5, 5.41) is 0. The summed E-state index contributed by atoms with van der Waals surface area (Å²) in [5.41, 5.74) is 1.30. The molecule has 1 spiro atoms. The zero-order valence-corrected chi connectivity index (χ0v) is 19.8. The van der Waals surface area contributed by atoms with E-state index >= 15 is 0 Å². The summed E-state index contributed by atoms with van der Waals surface area (Å²) >= 11 is 0. The minimum absolute atomic E-state index is 0.0696. The number of ether oxygens (including phenoxy) is 3. The molecule has 190 valence electrons. The number of hydrogen-bond donors (Lipinski definition) is 0. The number of fused-ring (bicyclic) bond motifs is 4. The van der Waals surface area contributed by atoms with Gasteiger partial charge in [-0.05, 0) is 66.8 Å². The van der Waals surface area contributed by atoms with E-state index in [-0.39, 0.29) is 34.9 Å². The third kappa shape index (κ3) is 3.62. The molecular weight excluding hydrogens is 475 g/mol. The second-order valence-corrected chi connectivity index (χ2v) is 10.2. The maximum absolute atomic E-state index is 13.8. The van der Waals surface area contributed by atoms with Gasteiger partial charge in [-0.2, -0.15) is 13.2 Å². The van der Waals surface area contributed by atoms with E-state index in [0.717, 1.165) is 55.2 Å². The van der Waals surface area contributed by atoms with Crippen LogP contribution in [-0.4, -0.2) is 42.6 Å². The van der Waals surface area contributed by atoms with Crippen LogP contribution in [0.5, 0.6) is 11.5 Å². The fourth-order valence-electron chi connectivity index (χ4n) is 6.27. The van der Waals surface area contributed by atoms with Crippen LogP contribution in [0.3, 0.4) is 0 Å². The Kier molecular flexibility index (Phi) is 5.25. The number of nitrogens with zero attached hydrogens (tertiary/aromatic N) is 1. The van der Waals surface area contributed by atoms with E-state index in [0.29, 0.717) is 25.5 Å². The third-order valence-electron chi connectivity index (χ3n) is 8.10. The van der Waals surface area contributed by atoms with E-state index in [9.17, 15) is 22.8 Å². The highest BCUT2D eigenvalue weighted by Gasteiger charge is 2.48. The molecule has 2 unspecified atom stereocenters. The Morgan fingerprint density at radius 3 is 2.44 bits per heavy atom. The molecule has 0 radical (unpaired) electrons. The van der Waals surface area contributed by atoms with Crippen molar-refractivity contribution in [1.29, 1.82) is 0 Å². The summed E-state index contributed by atoms with van der Waals surface area (Å²) in [6.45, 7) is 3.33. The van der Waals surface area contributed by atoms with E-state index < -0.39 is 23.8 Å². The number of esters is 1. The van der Waals surface area contributed by atoms with Gasteiger partial charge in [0, 0.05) is 18.4 Å². The molecule has 1 fully saturated rings. The van der Waals surface area contributed by atoms with Crippen LogP contribution in [-0.2, 0) is 27.5 Å². The summed E-state index contributed by atoms with van der Waals surface area (Å²) in [4.78, 5) is 28.2. The number of cyclic esters (lactones) is 1. The number of rotatable bonds is 1. The Balaban J connectivity index is 1.35. The predicted octanol–water partition coefficient (Wildman–Crippen LogP) is 4.97. The van der Waals surface area contributed by atoms with E-state index in [1.54, 1.807) is 4.90 Å². The summed E-state index contributed by atoms with van der Waals surface area (Å²) in [5.74, 6) is 0.206. The zero-order valence-electron chi connectivity index (χ0n) is 19.8. The number of alkyl halides is 3. The second kappa shape index (κ2) is 8.15. The van der Waals surface area contributed by atoms with Crippen molar-refractivity contribution in [2.45, 2.75) is 62.8 Å². The van der Waals surface area contributed by atoms with Crippen LogP contribution in [0.15, 0.2) is 30.3 Å². The molecule has 1 aliphatic carbocycles. The minimum atomic E-state index is -4.54. The fourth-order valence-corrected chi connectivity index (χ4v) is 6.27. The molecule has 6 nitrogen and oxygen atoms in total. The monoisotopic (exact) mass is 501 g/mol. The quantitative estimate of drug-likeness (QED) is 0.516. The molecule has 0 aromatic heterocycles. The molecule has 2 atom stereocenters. The lowest BCUT2D eigenvalue weighted by Gasteiger charge is -2.47. The number of amides is 1. The van der Waals surface area contributed by atoms with E-state index in [2.05, 4.69) is 6.07 Å². The van der Waals surface area contributed by atoms with Gasteiger partial charge in [-0.25, -0.2) is 4.79 Å². The van der Waals surface area contributed by atoms with Crippen LogP contribution < -0.4 is 9.47 Å². The van der Waals surface area contributed by atoms with Crippen molar-refractivity contribution in [3.63, 3.8) is 0 Å². The Labute approximate surface area is 206 Å². The van der Waals surface area contributed by atoms with Gasteiger partial charge in [0.25, 0.3) is 5.91 Å². The number of hydrogen-bond acceptors (Lipinski definition) is 5. The summed E-state index contributed by atoms with van der Waals surface area (Å²) in [7, 11) is 0. The molecule has 0 N–H and O–H groups in total. The average molecular weight is 502 g/mol. The summed E-state index contributed by atoms with van der Waals surface area (Å²) in [6.07, 6.45) is -1.90. The molecule has 2 aromatic rings. The lowest BCUT2D eigenvalue weighted by atomic mass is 9.71.